The maximum absolute atomic E-state index is 13.3. The minimum absolute atomic E-state index is 0.223. The Morgan fingerprint density at radius 3 is 2.76 bits per heavy atom. The number of carbonyl (C=O) groups is 1. The van der Waals surface area contributed by atoms with Gasteiger partial charge in [0.2, 0.25) is 0 Å². The van der Waals surface area contributed by atoms with Gasteiger partial charge in [-0.1, -0.05) is 30.3 Å². The summed E-state index contributed by atoms with van der Waals surface area (Å²) < 4.78 is 13.3. The first-order valence-corrected chi connectivity index (χ1v) is 6.46. The van der Waals surface area contributed by atoms with Crippen LogP contribution in [0.3, 0.4) is 0 Å². The highest BCUT2D eigenvalue weighted by Crippen LogP contribution is 2.30. The van der Waals surface area contributed by atoms with Crippen LogP contribution in [0.1, 0.15) is 15.9 Å². The third-order valence-corrected chi connectivity index (χ3v) is 3.36. The molecule has 0 aromatic heterocycles. The number of anilines is 1. The Hall–Kier alpha value is -2.93. The number of carbonyl (C=O) groups excluding carboxylic acids is 1. The SMILES string of the molecule is N#CC1C=Cc2ccccc2N1C(=O)c1cccc(F)c1. The van der Waals surface area contributed by atoms with E-state index in [2.05, 4.69) is 6.07 Å². The first-order valence-electron chi connectivity index (χ1n) is 6.46. The summed E-state index contributed by atoms with van der Waals surface area (Å²) in [6, 6.07) is 14.2. The summed E-state index contributed by atoms with van der Waals surface area (Å²) in [4.78, 5) is 14.1. The monoisotopic (exact) mass is 278 g/mol. The van der Waals surface area contributed by atoms with E-state index >= 15 is 0 Å². The maximum atomic E-state index is 13.3. The summed E-state index contributed by atoms with van der Waals surface area (Å²) in [5.41, 5.74) is 1.73. The van der Waals surface area contributed by atoms with Crippen molar-refractivity contribution in [1.29, 1.82) is 5.26 Å². The van der Waals surface area contributed by atoms with Crippen molar-refractivity contribution >= 4 is 17.7 Å². The van der Waals surface area contributed by atoms with E-state index in [0.29, 0.717) is 5.69 Å². The van der Waals surface area contributed by atoms with Gasteiger partial charge in [0.15, 0.2) is 0 Å². The molecule has 1 amide bonds. The van der Waals surface area contributed by atoms with Crippen LogP contribution in [0.25, 0.3) is 6.08 Å². The summed E-state index contributed by atoms with van der Waals surface area (Å²) in [6.45, 7) is 0. The molecule has 1 aliphatic heterocycles. The zero-order valence-corrected chi connectivity index (χ0v) is 11.0. The van der Waals surface area contributed by atoms with E-state index in [1.165, 1.54) is 23.1 Å². The van der Waals surface area contributed by atoms with Crippen molar-refractivity contribution < 1.29 is 9.18 Å². The van der Waals surface area contributed by atoms with Gasteiger partial charge in [-0.2, -0.15) is 5.26 Å². The van der Waals surface area contributed by atoms with E-state index < -0.39 is 17.8 Å². The van der Waals surface area contributed by atoms with Crippen molar-refractivity contribution in [2.75, 3.05) is 4.90 Å². The summed E-state index contributed by atoms with van der Waals surface area (Å²) in [6.07, 6.45) is 3.48. The number of benzene rings is 2. The van der Waals surface area contributed by atoms with Gasteiger partial charge in [0.1, 0.15) is 11.9 Å². The highest BCUT2D eigenvalue weighted by molar-refractivity contribution is 6.08. The Labute approximate surface area is 121 Å². The van der Waals surface area contributed by atoms with E-state index in [1.807, 2.05) is 18.2 Å². The van der Waals surface area contributed by atoms with Gasteiger partial charge < -0.3 is 0 Å². The molecule has 0 saturated carbocycles. The van der Waals surface area contributed by atoms with Crippen LogP contribution in [0.5, 0.6) is 0 Å². The molecule has 0 N–H and O–H groups in total. The molecule has 3 rings (SSSR count). The van der Waals surface area contributed by atoms with Crippen LogP contribution in [-0.4, -0.2) is 11.9 Å². The van der Waals surface area contributed by atoms with Crippen LogP contribution in [0.2, 0.25) is 0 Å². The normalized spacial score (nSPS) is 16.2. The molecular weight excluding hydrogens is 267 g/mol. The second-order valence-electron chi connectivity index (χ2n) is 4.68. The average molecular weight is 278 g/mol. The van der Waals surface area contributed by atoms with Gasteiger partial charge in [0, 0.05) is 5.56 Å². The molecule has 0 spiro atoms. The molecule has 4 heteroatoms. The van der Waals surface area contributed by atoms with Crippen LogP contribution in [0.15, 0.2) is 54.6 Å². The van der Waals surface area contributed by atoms with E-state index in [1.54, 1.807) is 24.3 Å². The van der Waals surface area contributed by atoms with Crippen LogP contribution < -0.4 is 4.90 Å². The van der Waals surface area contributed by atoms with Gasteiger partial charge in [0.05, 0.1) is 11.8 Å². The fourth-order valence-electron chi connectivity index (χ4n) is 2.38. The molecule has 1 unspecified atom stereocenters. The molecule has 1 aliphatic rings. The van der Waals surface area contributed by atoms with Crippen LogP contribution >= 0.6 is 0 Å². The maximum Gasteiger partial charge on any atom is 0.259 e. The molecule has 21 heavy (non-hydrogen) atoms. The zero-order valence-electron chi connectivity index (χ0n) is 11.0. The highest BCUT2D eigenvalue weighted by Gasteiger charge is 2.28. The lowest BCUT2D eigenvalue weighted by atomic mass is 10.0. The fourth-order valence-corrected chi connectivity index (χ4v) is 2.38. The Morgan fingerprint density at radius 1 is 1.19 bits per heavy atom. The molecule has 0 saturated heterocycles. The summed E-state index contributed by atoms with van der Waals surface area (Å²) in [7, 11) is 0. The molecule has 1 atom stereocenters. The average Bonchev–Trinajstić information content (AvgIpc) is 2.53. The first-order chi connectivity index (χ1) is 10.2. The van der Waals surface area contributed by atoms with Gasteiger partial charge >= 0.3 is 0 Å². The number of para-hydroxylation sites is 1. The number of amides is 1. The van der Waals surface area contributed by atoms with Crippen molar-refractivity contribution in [3.63, 3.8) is 0 Å². The number of nitrogens with zero attached hydrogens (tertiary/aromatic N) is 2. The quantitative estimate of drug-likeness (QED) is 0.802. The van der Waals surface area contributed by atoms with E-state index in [0.717, 1.165) is 5.56 Å². The number of nitriles is 1. The molecule has 0 fully saturated rings. The number of fused-ring (bicyclic) bond motifs is 1. The number of halogens is 1. The second-order valence-corrected chi connectivity index (χ2v) is 4.68. The highest BCUT2D eigenvalue weighted by atomic mass is 19.1. The summed E-state index contributed by atoms with van der Waals surface area (Å²) >= 11 is 0. The second kappa shape index (κ2) is 5.22. The molecule has 3 nitrogen and oxygen atoms in total. The van der Waals surface area contributed by atoms with Crippen molar-refractivity contribution in [1.82, 2.24) is 0 Å². The largest absolute Gasteiger partial charge is 0.288 e. The smallest absolute Gasteiger partial charge is 0.259 e. The fraction of sp³-hybridized carbons (Fsp3) is 0.0588. The minimum Gasteiger partial charge on any atom is -0.288 e. The Bertz CT molecular complexity index is 776. The van der Waals surface area contributed by atoms with Crippen molar-refractivity contribution in [2.24, 2.45) is 0 Å². The Morgan fingerprint density at radius 2 is 2.00 bits per heavy atom. The first kappa shape index (κ1) is 13.1. The lowest BCUT2D eigenvalue weighted by molar-refractivity contribution is 0.0984. The minimum atomic E-state index is -0.698. The van der Waals surface area contributed by atoms with Crippen molar-refractivity contribution in [2.45, 2.75) is 6.04 Å². The third-order valence-electron chi connectivity index (χ3n) is 3.36. The molecule has 2 aromatic rings. The van der Waals surface area contributed by atoms with Crippen LogP contribution in [0, 0.1) is 17.1 Å². The van der Waals surface area contributed by atoms with Crippen molar-refractivity contribution in [3.05, 3.63) is 71.6 Å². The van der Waals surface area contributed by atoms with Crippen LogP contribution in [-0.2, 0) is 0 Å². The lowest BCUT2D eigenvalue weighted by Crippen LogP contribution is -2.40. The predicted octanol–water partition coefficient (Wildman–Crippen LogP) is 3.39. The molecule has 2 aromatic carbocycles. The zero-order chi connectivity index (χ0) is 14.8. The van der Waals surface area contributed by atoms with Gasteiger partial charge in [-0.15, -0.1) is 0 Å². The Balaban J connectivity index is 2.09. The van der Waals surface area contributed by atoms with Crippen LogP contribution in [0.4, 0.5) is 10.1 Å². The van der Waals surface area contributed by atoms with E-state index in [-0.39, 0.29) is 5.56 Å². The molecule has 0 aliphatic carbocycles. The lowest BCUT2D eigenvalue weighted by Gasteiger charge is -2.30. The molecule has 0 radical (unpaired) electrons. The van der Waals surface area contributed by atoms with Crippen molar-refractivity contribution in [3.8, 4) is 6.07 Å². The Kier molecular flexibility index (Phi) is 3.25. The number of hydrogen-bond acceptors (Lipinski definition) is 2. The molecule has 102 valence electrons. The molecule has 1 heterocycles. The predicted molar refractivity (Wildman–Crippen MR) is 78.1 cm³/mol. The summed E-state index contributed by atoms with van der Waals surface area (Å²) in [5, 5.41) is 9.27. The molecule has 0 bridgehead atoms. The molecular formula is C17H11FN2O. The topological polar surface area (TPSA) is 44.1 Å². The number of hydrogen-bond donors (Lipinski definition) is 0. The number of rotatable bonds is 1. The van der Waals surface area contributed by atoms with Gasteiger partial charge in [0.25, 0.3) is 5.91 Å². The van der Waals surface area contributed by atoms with Gasteiger partial charge in [-0.25, -0.2) is 4.39 Å². The van der Waals surface area contributed by atoms with E-state index in [9.17, 15) is 14.4 Å². The summed E-state index contributed by atoms with van der Waals surface area (Å²) in [5.74, 6) is -0.868. The van der Waals surface area contributed by atoms with E-state index in [4.69, 9.17) is 0 Å². The third kappa shape index (κ3) is 2.30. The van der Waals surface area contributed by atoms with Gasteiger partial charge in [-0.3, -0.25) is 9.69 Å². The standard InChI is InChI=1S/C17H11FN2O/c18-14-6-3-5-13(10-14)17(21)20-15(11-19)9-8-12-4-1-2-7-16(12)20/h1-10,15H. The van der Waals surface area contributed by atoms with Gasteiger partial charge in [-0.05, 0) is 35.9 Å².